The molecule has 2 aliphatic rings. The lowest BCUT2D eigenvalue weighted by atomic mass is 9.88. The number of hydrogen-bond acceptors (Lipinski definition) is 2. The largest absolute Gasteiger partial charge is 0.341 e. The van der Waals surface area contributed by atoms with Crippen molar-refractivity contribution in [2.24, 2.45) is 5.92 Å². The fourth-order valence-corrected chi connectivity index (χ4v) is 4.66. The van der Waals surface area contributed by atoms with Crippen molar-refractivity contribution in [1.29, 1.82) is 0 Å². The molecule has 2 fully saturated rings. The van der Waals surface area contributed by atoms with Crippen molar-refractivity contribution in [3.8, 4) is 0 Å². The summed E-state index contributed by atoms with van der Waals surface area (Å²) in [6.07, 6.45) is 8.98. The number of carbonyl (C=O) groups is 1. The van der Waals surface area contributed by atoms with Crippen LogP contribution >= 0.6 is 11.8 Å². The molecule has 2 nitrogen and oxygen atoms in total. The highest BCUT2D eigenvalue weighted by Gasteiger charge is 2.31. The molecule has 1 aliphatic carbocycles. The first kappa shape index (κ1) is 15.7. The van der Waals surface area contributed by atoms with Crippen LogP contribution in [0.25, 0.3) is 6.08 Å². The van der Waals surface area contributed by atoms with Crippen LogP contribution in [-0.4, -0.2) is 29.1 Å². The van der Waals surface area contributed by atoms with Gasteiger partial charge in [0.1, 0.15) is 0 Å². The number of carbonyl (C=O) groups excluding carboxylic acids is 1. The maximum absolute atomic E-state index is 12.6. The number of likely N-dealkylation sites (tertiary alicyclic amines) is 1. The standard InChI is InChI=1S/C19H25NOS/c1-2-15-8-10-17(11-9-15)22-18-12-13-20(14-18)19(21)16-6-4-3-5-7-16/h2,8-11,16,18H,1,3-7,12-14H2. The van der Waals surface area contributed by atoms with E-state index in [1.165, 1.54) is 24.2 Å². The number of nitrogens with zero attached hydrogens (tertiary/aromatic N) is 1. The summed E-state index contributed by atoms with van der Waals surface area (Å²) in [7, 11) is 0. The Hall–Kier alpha value is -1.22. The number of thioether (sulfide) groups is 1. The third-order valence-corrected chi connectivity index (χ3v) is 6.09. The Bertz CT molecular complexity index is 519. The molecule has 0 spiro atoms. The number of rotatable bonds is 4. The predicted molar refractivity (Wildman–Crippen MR) is 94.0 cm³/mol. The van der Waals surface area contributed by atoms with Crippen molar-refractivity contribution in [2.75, 3.05) is 13.1 Å². The predicted octanol–water partition coefficient (Wildman–Crippen LogP) is 4.60. The summed E-state index contributed by atoms with van der Waals surface area (Å²) in [4.78, 5) is 16.0. The van der Waals surface area contributed by atoms with Gasteiger partial charge in [0, 0.05) is 29.2 Å². The lowest BCUT2D eigenvalue weighted by Crippen LogP contribution is -2.35. The molecule has 0 radical (unpaired) electrons. The van der Waals surface area contributed by atoms with Gasteiger partial charge in [0.05, 0.1) is 0 Å². The van der Waals surface area contributed by atoms with Gasteiger partial charge in [-0.2, -0.15) is 0 Å². The number of benzene rings is 1. The first-order chi connectivity index (χ1) is 10.8. The van der Waals surface area contributed by atoms with Crippen LogP contribution in [0, 0.1) is 5.92 Å². The average Bonchev–Trinajstić information content (AvgIpc) is 3.04. The van der Waals surface area contributed by atoms with Gasteiger partial charge >= 0.3 is 0 Å². The topological polar surface area (TPSA) is 20.3 Å². The van der Waals surface area contributed by atoms with E-state index in [4.69, 9.17) is 0 Å². The fraction of sp³-hybridized carbons (Fsp3) is 0.526. The van der Waals surface area contributed by atoms with Gasteiger partial charge < -0.3 is 4.90 Å². The molecule has 1 saturated heterocycles. The molecule has 1 amide bonds. The van der Waals surface area contributed by atoms with Gasteiger partial charge in [0.2, 0.25) is 5.91 Å². The molecule has 22 heavy (non-hydrogen) atoms. The van der Waals surface area contributed by atoms with Crippen molar-refractivity contribution >= 4 is 23.7 Å². The zero-order chi connectivity index (χ0) is 15.4. The minimum atomic E-state index is 0.310. The first-order valence-corrected chi connectivity index (χ1v) is 9.32. The fourth-order valence-electron chi connectivity index (χ4n) is 3.51. The summed E-state index contributed by atoms with van der Waals surface area (Å²) in [5.41, 5.74) is 1.16. The van der Waals surface area contributed by atoms with E-state index >= 15 is 0 Å². The highest BCUT2D eigenvalue weighted by Crippen LogP contribution is 2.32. The number of hydrogen-bond donors (Lipinski definition) is 0. The van der Waals surface area contributed by atoms with Crippen molar-refractivity contribution in [1.82, 2.24) is 4.90 Å². The van der Waals surface area contributed by atoms with Crippen LogP contribution < -0.4 is 0 Å². The summed E-state index contributed by atoms with van der Waals surface area (Å²) in [5.74, 6) is 0.731. The average molecular weight is 315 g/mol. The zero-order valence-corrected chi connectivity index (χ0v) is 14.0. The van der Waals surface area contributed by atoms with E-state index in [1.807, 2.05) is 17.8 Å². The second-order valence-electron chi connectivity index (χ2n) is 6.42. The molecule has 3 rings (SSSR count). The maximum atomic E-state index is 12.6. The van der Waals surface area contributed by atoms with Crippen molar-refractivity contribution in [2.45, 2.75) is 48.7 Å². The first-order valence-electron chi connectivity index (χ1n) is 8.44. The zero-order valence-electron chi connectivity index (χ0n) is 13.2. The molecule has 1 aliphatic heterocycles. The van der Waals surface area contributed by atoms with E-state index in [1.54, 1.807) is 0 Å². The van der Waals surface area contributed by atoms with Crippen LogP contribution in [0.5, 0.6) is 0 Å². The molecular formula is C19H25NOS. The molecule has 1 atom stereocenters. The Morgan fingerprint density at radius 3 is 2.55 bits per heavy atom. The molecule has 1 aromatic carbocycles. The molecule has 1 aromatic rings. The van der Waals surface area contributed by atoms with Crippen LogP contribution in [0.4, 0.5) is 0 Å². The SMILES string of the molecule is C=Cc1ccc(SC2CCN(C(=O)C3CCCCC3)C2)cc1. The minimum Gasteiger partial charge on any atom is -0.341 e. The normalized spacial score (nSPS) is 22.7. The molecule has 1 unspecified atom stereocenters. The van der Waals surface area contributed by atoms with Gasteiger partial charge in [0.15, 0.2) is 0 Å². The van der Waals surface area contributed by atoms with Crippen LogP contribution in [-0.2, 0) is 4.79 Å². The smallest absolute Gasteiger partial charge is 0.225 e. The van der Waals surface area contributed by atoms with Gasteiger partial charge in [-0.25, -0.2) is 0 Å². The molecule has 1 heterocycles. The lowest BCUT2D eigenvalue weighted by molar-refractivity contribution is -0.135. The molecular weight excluding hydrogens is 290 g/mol. The third kappa shape index (κ3) is 3.75. The van der Waals surface area contributed by atoms with Crippen LogP contribution in [0.15, 0.2) is 35.7 Å². The van der Waals surface area contributed by atoms with E-state index in [2.05, 4.69) is 35.7 Å². The van der Waals surface area contributed by atoms with E-state index < -0.39 is 0 Å². The quantitative estimate of drug-likeness (QED) is 0.809. The van der Waals surface area contributed by atoms with E-state index in [-0.39, 0.29) is 0 Å². The summed E-state index contributed by atoms with van der Waals surface area (Å²) in [6, 6.07) is 8.53. The maximum Gasteiger partial charge on any atom is 0.225 e. The summed E-state index contributed by atoms with van der Waals surface area (Å²) in [5, 5.41) is 0.544. The van der Waals surface area contributed by atoms with Crippen LogP contribution in [0.3, 0.4) is 0 Å². The summed E-state index contributed by atoms with van der Waals surface area (Å²) >= 11 is 1.91. The van der Waals surface area contributed by atoms with Gasteiger partial charge in [-0.05, 0) is 37.0 Å². The molecule has 0 aromatic heterocycles. The monoisotopic (exact) mass is 315 g/mol. The lowest BCUT2D eigenvalue weighted by Gasteiger charge is -2.26. The van der Waals surface area contributed by atoms with Crippen molar-refractivity contribution < 1.29 is 4.79 Å². The Balaban J connectivity index is 1.52. The van der Waals surface area contributed by atoms with E-state index in [0.29, 0.717) is 17.1 Å². The van der Waals surface area contributed by atoms with Crippen molar-refractivity contribution in [3.05, 3.63) is 36.4 Å². The van der Waals surface area contributed by atoms with Gasteiger partial charge in [0.25, 0.3) is 0 Å². The molecule has 0 bridgehead atoms. The Morgan fingerprint density at radius 2 is 1.86 bits per heavy atom. The molecule has 1 saturated carbocycles. The number of amides is 1. The second kappa shape index (κ2) is 7.36. The Labute approximate surface area is 138 Å². The Kier molecular flexibility index (Phi) is 5.24. The molecule has 118 valence electrons. The van der Waals surface area contributed by atoms with E-state index in [0.717, 1.165) is 37.9 Å². The summed E-state index contributed by atoms with van der Waals surface area (Å²) in [6.45, 7) is 5.65. The minimum absolute atomic E-state index is 0.310. The second-order valence-corrected chi connectivity index (χ2v) is 7.79. The van der Waals surface area contributed by atoms with Crippen LogP contribution in [0.2, 0.25) is 0 Å². The highest BCUT2D eigenvalue weighted by atomic mass is 32.2. The third-order valence-electron chi connectivity index (χ3n) is 4.83. The van der Waals surface area contributed by atoms with Gasteiger partial charge in [-0.15, -0.1) is 11.8 Å². The summed E-state index contributed by atoms with van der Waals surface area (Å²) < 4.78 is 0. The molecule has 3 heteroatoms. The Morgan fingerprint density at radius 1 is 1.14 bits per heavy atom. The van der Waals surface area contributed by atoms with E-state index in [9.17, 15) is 4.79 Å². The van der Waals surface area contributed by atoms with Crippen LogP contribution in [0.1, 0.15) is 44.1 Å². The van der Waals surface area contributed by atoms with Gasteiger partial charge in [-0.3, -0.25) is 4.79 Å². The molecule has 0 N–H and O–H groups in total. The van der Waals surface area contributed by atoms with Crippen molar-refractivity contribution in [3.63, 3.8) is 0 Å². The highest BCUT2D eigenvalue weighted by molar-refractivity contribution is 8.00. The van der Waals surface area contributed by atoms with Gasteiger partial charge in [-0.1, -0.05) is 44.1 Å².